The molecule has 0 aliphatic heterocycles. The number of alkyl halides is 3. The normalized spacial score (nSPS) is 13.0. The molecule has 0 bridgehead atoms. The molecule has 1 atom stereocenters. The molecule has 3 nitrogen and oxygen atoms in total. The van der Waals surface area contributed by atoms with Crippen molar-refractivity contribution in [3.05, 3.63) is 0 Å². The van der Waals surface area contributed by atoms with Crippen LogP contribution >= 0.6 is 47.2 Å². The van der Waals surface area contributed by atoms with Crippen molar-refractivity contribution in [3.63, 3.8) is 0 Å². The highest BCUT2D eigenvalue weighted by Crippen LogP contribution is 2.31. The Morgan fingerprint density at radius 2 is 2.00 bits per heavy atom. The zero-order valence-electron chi connectivity index (χ0n) is 6.89. The maximum atomic E-state index is 9.17. The molecule has 0 aromatic carbocycles. The van der Waals surface area contributed by atoms with Crippen molar-refractivity contribution in [1.82, 2.24) is 0 Å². The first kappa shape index (κ1) is 16.0. The summed E-state index contributed by atoms with van der Waals surface area (Å²) in [5.74, 6) is -0.0867. The van der Waals surface area contributed by atoms with E-state index in [1.165, 1.54) is 0 Å². The molecule has 0 heterocycles. The first-order chi connectivity index (χ1) is 5.38. The molecule has 0 aromatic rings. The predicted molar refractivity (Wildman–Crippen MR) is 57.5 cm³/mol. The Morgan fingerprint density at radius 1 is 1.54 bits per heavy atom. The van der Waals surface area contributed by atoms with Gasteiger partial charge in [-0.25, -0.2) is 0 Å². The lowest BCUT2D eigenvalue weighted by Gasteiger charge is -2.18. The minimum absolute atomic E-state index is 0. The Hall–Kier alpha value is 0.590. The molecular formula is C6H11Cl4NO2. The highest BCUT2D eigenvalue weighted by molar-refractivity contribution is 6.68. The average Bonchev–Trinajstić information content (AvgIpc) is 1.85. The molecule has 2 N–H and O–H groups in total. The summed E-state index contributed by atoms with van der Waals surface area (Å²) in [5.41, 5.74) is 0. The fourth-order valence-corrected chi connectivity index (χ4v) is 0.756. The van der Waals surface area contributed by atoms with Gasteiger partial charge in [-0.1, -0.05) is 34.8 Å². The summed E-state index contributed by atoms with van der Waals surface area (Å²) in [6.45, 7) is 2.10. The summed E-state index contributed by atoms with van der Waals surface area (Å²) in [6, 6.07) is 0. The summed E-state index contributed by atoms with van der Waals surface area (Å²) >= 11 is 16.1. The third-order valence-corrected chi connectivity index (χ3v) is 1.83. The molecule has 0 aliphatic carbocycles. The van der Waals surface area contributed by atoms with Gasteiger partial charge in [0.25, 0.3) is 0 Å². The van der Waals surface area contributed by atoms with Crippen molar-refractivity contribution in [1.29, 1.82) is 5.41 Å². The highest BCUT2D eigenvalue weighted by atomic mass is 35.6. The Balaban J connectivity index is 0. The number of halogens is 4. The van der Waals surface area contributed by atoms with E-state index in [4.69, 9.17) is 50.1 Å². The second-order valence-corrected chi connectivity index (χ2v) is 4.49. The molecule has 80 valence electrons. The molecule has 13 heavy (non-hydrogen) atoms. The number of hydrogen-bond donors (Lipinski definition) is 2. The molecule has 0 spiro atoms. The Bertz CT molecular complexity index is 159. The number of hydrogen-bond acceptors (Lipinski definition) is 3. The summed E-state index contributed by atoms with van der Waals surface area (Å²) in [4.78, 5) is 0. The first-order valence-electron chi connectivity index (χ1n) is 3.33. The molecule has 0 radical (unpaired) electrons. The number of ether oxygens (including phenoxy) is 1. The zero-order valence-corrected chi connectivity index (χ0v) is 9.97. The lowest BCUT2D eigenvalue weighted by molar-refractivity contribution is 0.174. The van der Waals surface area contributed by atoms with Gasteiger partial charge < -0.3 is 9.84 Å². The van der Waals surface area contributed by atoms with Gasteiger partial charge in [0.2, 0.25) is 3.79 Å². The van der Waals surface area contributed by atoms with Crippen molar-refractivity contribution in [2.45, 2.75) is 23.2 Å². The van der Waals surface area contributed by atoms with Gasteiger partial charge in [0, 0.05) is 0 Å². The van der Waals surface area contributed by atoms with Crippen LogP contribution in [-0.4, -0.2) is 27.5 Å². The quantitative estimate of drug-likeness (QED) is 0.471. The zero-order chi connectivity index (χ0) is 9.78. The lowest BCUT2D eigenvalue weighted by Crippen LogP contribution is -2.28. The molecule has 0 fully saturated rings. The van der Waals surface area contributed by atoms with Crippen molar-refractivity contribution < 1.29 is 9.84 Å². The number of rotatable bonds is 3. The topological polar surface area (TPSA) is 53.3 Å². The maximum absolute atomic E-state index is 9.17. The Morgan fingerprint density at radius 3 is 2.31 bits per heavy atom. The van der Waals surface area contributed by atoms with Crippen LogP contribution < -0.4 is 0 Å². The fourth-order valence-electron chi connectivity index (χ4n) is 0.524. The highest BCUT2D eigenvalue weighted by Gasteiger charge is 2.31. The first-order valence-corrected chi connectivity index (χ1v) is 4.46. The van der Waals surface area contributed by atoms with Crippen LogP contribution in [0.3, 0.4) is 0 Å². The van der Waals surface area contributed by atoms with Crippen LogP contribution in [0.25, 0.3) is 0 Å². The van der Waals surface area contributed by atoms with Gasteiger partial charge in [-0.15, -0.1) is 12.4 Å². The van der Waals surface area contributed by atoms with Crippen molar-refractivity contribution in [2.75, 3.05) is 6.61 Å². The van der Waals surface area contributed by atoms with Gasteiger partial charge in [0.15, 0.2) is 5.90 Å². The van der Waals surface area contributed by atoms with Gasteiger partial charge in [0.05, 0.1) is 13.0 Å². The van der Waals surface area contributed by atoms with Crippen molar-refractivity contribution in [3.8, 4) is 0 Å². The van der Waals surface area contributed by atoms with E-state index in [9.17, 15) is 0 Å². The van der Waals surface area contributed by atoms with E-state index in [1.807, 2.05) is 0 Å². The molecule has 0 aromatic heterocycles. The minimum Gasteiger partial charge on any atom is -0.481 e. The van der Waals surface area contributed by atoms with Crippen LogP contribution in [0, 0.1) is 5.41 Å². The van der Waals surface area contributed by atoms with Crippen molar-refractivity contribution in [2.24, 2.45) is 0 Å². The van der Waals surface area contributed by atoms with Crippen LogP contribution in [-0.2, 0) is 4.74 Å². The van der Waals surface area contributed by atoms with Crippen LogP contribution in [0.1, 0.15) is 13.3 Å². The van der Waals surface area contributed by atoms with E-state index >= 15 is 0 Å². The molecule has 7 heteroatoms. The minimum atomic E-state index is -1.76. The number of aliphatic hydroxyl groups excluding tert-OH is 1. The van der Waals surface area contributed by atoms with E-state index in [1.54, 1.807) is 6.92 Å². The second kappa shape index (κ2) is 6.96. The predicted octanol–water partition coefficient (Wildman–Crippen LogP) is 2.54. The van der Waals surface area contributed by atoms with Gasteiger partial charge in [-0.3, -0.25) is 5.41 Å². The van der Waals surface area contributed by atoms with Crippen LogP contribution in [0.4, 0.5) is 0 Å². The van der Waals surface area contributed by atoms with Gasteiger partial charge >= 0.3 is 0 Å². The third-order valence-electron chi connectivity index (χ3n) is 1.08. The van der Waals surface area contributed by atoms with Crippen LogP contribution in [0.5, 0.6) is 0 Å². The molecule has 0 rings (SSSR count). The molecule has 0 aliphatic rings. The molecular weight excluding hydrogens is 260 g/mol. The van der Waals surface area contributed by atoms with E-state index < -0.39 is 9.90 Å². The molecule has 1 unspecified atom stereocenters. The second-order valence-electron chi connectivity index (χ2n) is 2.12. The number of aliphatic hydroxyl groups is 1. The monoisotopic (exact) mass is 269 g/mol. The van der Waals surface area contributed by atoms with Gasteiger partial charge in [-0.2, -0.15) is 0 Å². The largest absolute Gasteiger partial charge is 0.481 e. The van der Waals surface area contributed by atoms with E-state index in [0.29, 0.717) is 6.61 Å². The van der Waals surface area contributed by atoms with Gasteiger partial charge in [0.1, 0.15) is 6.10 Å². The van der Waals surface area contributed by atoms with E-state index in [0.717, 1.165) is 0 Å². The molecule has 0 saturated heterocycles. The SMILES string of the molecule is CCOC(=N)CC(O)C(Cl)(Cl)Cl.Cl. The third kappa shape index (κ3) is 7.65. The summed E-state index contributed by atoms with van der Waals surface area (Å²) in [6.07, 6.45) is -1.30. The lowest BCUT2D eigenvalue weighted by atomic mass is 10.3. The molecule has 0 saturated carbocycles. The maximum Gasteiger partial charge on any atom is 0.216 e. The molecule has 0 amide bonds. The Labute approximate surface area is 98.2 Å². The van der Waals surface area contributed by atoms with Crippen LogP contribution in [0.15, 0.2) is 0 Å². The van der Waals surface area contributed by atoms with E-state index in [-0.39, 0.29) is 24.7 Å². The fraction of sp³-hybridized carbons (Fsp3) is 0.833. The average molecular weight is 271 g/mol. The van der Waals surface area contributed by atoms with Crippen LogP contribution in [0.2, 0.25) is 0 Å². The van der Waals surface area contributed by atoms with Gasteiger partial charge in [-0.05, 0) is 6.92 Å². The summed E-state index contributed by atoms with van der Waals surface area (Å²) in [7, 11) is 0. The smallest absolute Gasteiger partial charge is 0.216 e. The Kier molecular flexibility index (Phi) is 8.58. The summed E-state index contributed by atoms with van der Waals surface area (Å²) in [5, 5.41) is 16.3. The van der Waals surface area contributed by atoms with E-state index in [2.05, 4.69) is 0 Å². The summed E-state index contributed by atoms with van der Waals surface area (Å²) < 4.78 is 2.99. The number of nitrogens with one attached hydrogen (secondary N) is 1. The standard InChI is InChI=1S/C6H10Cl3NO2.ClH/c1-2-12-5(10)3-4(11)6(7,8)9;/h4,10-11H,2-3H2,1H3;1H. The van der Waals surface area contributed by atoms with Crippen molar-refractivity contribution >= 4 is 53.1 Å².